The van der Waals surface area contributed by atoms with Gasteiger partial charge in [-0.3, -0.25) is 0 Å². The topological polar surface area (TPSA) is 22.4 Å². The number of ether oxygens (including phenoxy) is 1. The van der Waals surface area contributed by atoms with Crippen LogP contribution in [-0.2, 0) is 17.8 Å². The molecule has 0 saturated heterocycles. The molecule has 0 aliphatic heterocycles. The van der Waals surface area contributed by atoms with Gasteiger partial charge in [-0.2, -0.15) is 0 Å². The summed E-state index contributed by atoms with van der Waals surface area (Å²) in [5.74, 6) is 2.19. The maximum Gasteiger partial charge on any atom is 0.129 e. The lowest BCUT2D eigenvalue weighted by Crippen LogP contribution is -2.01. The number of furan rings is 1. The summed E-state index contributed by atoms with van der Waals surface area (Å²) < 4.78 is 10.9. The van der Waals surface area contributed by atoms with Gasteiger partial charge in [0.05, 0.1) is 6.26 Å². The minimum absolute atomic E-state index is 0.579. The van der Waals surface area contributed by atoms with Gasteiger partial charge in [0.1, 0.15) is 12.4 Å². The van der Waals surface area contributed by atoms with Crippen LogP contribution in [0.15, 0.2) is 16.7 Å². The molecule has 0 bridgehead atoms. The standard InChI is InChI=1S/C13H22O2/c1-10(2)5-12-6-13(15-8-12)9-14-7-11(3)4/h6,8,10-11H,5,7,9H2,1-4H3. The third kappa shape index (κ3) is 5.03. The SMILES string of the molecule is CC(C)COCc1cc(CC(C)C)co1. The maximum absolute atomic E-state index is 5.51. The van der Waals surface area contributed by atoms with Crippen LogP contribution in [0.1, 0.15) is 39.0 Å². The Hall–Kier alpha value is -0.760. The van der Waals surface area contributed by atoms with Crippen LogP contribution in [0.5, 0.6) is 0 Å². The van der Waals surface area contributed by atoms with Crippen molar-refractivity contribution in [1.82, 2.24) is 0 Å². The lowest BCUT2D eigenvalue weighted by Gasteiger charge is -2.04. The van der Waals surface area contributed by atoms with Crippen molar-refractivity contribution >= 4 is 0 Å². The number of hydrogen-bond donors (Lipinski definition) is 0. The van der Waals surface area contributed by atoms with Gasteiger partial charge in [-0.1, -0.05) is 27.7 Å². The van der Waals surface area contributed by atoms with Crippen molar-refractivity contribution in [2.45, 2.75) is 40.7 Å². The largest absolute Gasteiger partial charge is 0.467 e. The molecule has 0 spiro atoms. The van der Waals surface area contributed by atoms with E-state index in [0.29, 0.717) is 18.4 Å². The molecule has 0 aliphatic rings. The highest BCUT2D eigenvalue weighted by atomic mass is 16.5. The van der Waals surface area contributed by atoms with E-state index in [2.05, 4.69) is 33.8 Å². The fourth-order valence-corrected chi connectivity index (χ4v) is 1.48. The molecule has 0 saturated carbocycles. The molecular weight excluding hydrogens is 188 g/mol. The van der Waals surface area contributed by atoms with Crippen molar-refractivity contribution in [1.29, 1.82) is 0 Å². The Labute approximate surface area is 92.6 Å². The van der Waals surface area contributed by atoms with Crippen LogP contribution in [0, 0.1) is 11.8 Å². The van der Waals surface area contributed by atoms with E-state index >= 15 is 0 Å². The average Bonchev–Trinajstić information content (AvgIpc) is 2.50. The lowest BCUT2D eigenvalue weighted by atomic mass is 10.1. The molecule has 1 aromatic heterocycles. The highest BCUT2D eigenvalue weighted by Gasteiger charge is 2.04. The van der Waals surface area contributed by atoms with Crippen LogP contribution in [0.2, 0.25) is 0 Å². The van der Waals surface area contributed by atoms with E-state index in [0.717, 1.165) is 18.8 Å². The first-order valence-electron chi connectivity index (χ1n) is 5.72. The Bertz CT molecular complexity index is 274. The molecule has 15 heavy (non-hydrogen) atoms. The van der Waals surface area contributed by atoms with Gasteiger partial charge in [0, 0.05) is 6.61 Å². The molecule has 0 amide bonds. The van der Waals surface area contributed by atoms with Crippen molar-refractivity contribution < 1.29 is 9.15 Å². The zero-order valence-corrected chi connectivity index (χ0v) is 10.2. The second-order valence-corrected chi connectivity index (χ2v) is 4.93. The fourth-order valence-electron chi connectivity index (χ4n) is 1.48. The second kappa shape index (κ2) is 5.96. The molecule has 1 aromatic rings. The molecule has 0 aromatic carbocycles. The first-order chi connectivity index (χ1) is 7.08. The smallest absolute Gasteiger partial charge is 0.129 e. The van der Waals surface area contributed by atoms with E-state index < -0.39 is 0 Å². The van der Waals surface area contributed by atoms with Crippen molar-refractivity contribution in [2.75, 3.05) is 6.61 Å². The predicted octanol–water partition coefficient (Wildman–Crippen LogP) is 3.65. The Morgan fingerprint density at radius 3 is 2.53 bits per heavy atom. The number of rotatable bonds is 6. The van der Waals surface area contributed by atoms with Crippen molar-refractivity contribution in [3.8, 4) is 0 Å². The van der Waals surface area contributed by atoms with Gasteiger partial charge >= 0.3 is 0 Å². The summed E-state index contributed by atoms with van der Waals surface area (Å²) in [4.78, 5) is 0. The minimum Gasteiger partial charge on any atom is -0.467 e. The molecule has 0 aliphatic carbocycles. The monoisotopic (exact) mass is 210 g/mol. The molecule has 0 unspecified atom stereocenters. The second-order valence-electron chi connectivity index (χ2n) is 4.93. The Morgan fingerprint density at radius 2 is 1.93 bits per heavy atom. The number of hydrogen-bond acceptors (Lipinski definition) is 2. The van der Waals surface area contributed by atoms with E-state index in [4.69, 9.17) is 9.15 Å². The van der Waals surface area contributed by atoms with Crippen molar-refractivity contribution in [3.63, 3.8) is 0 Å². The fraction of sp³-hybridized carbons (Fsp3) is 0.692. The van der Waals surface area contributed by atoms with E-state index in [1.807, 2.05) is 6.26 Å². The molecule has 86 valence electrons. The highest BCUT2D eigenvalue weighted by molar-refractivity contribution is 5.12. The summed E-state index contributed by atoms with van der Waals surface area (Å²) in [5, 5.41) is 0. The average molecular weight is 210 g/mol. The highest BCUT2D eigenvalue weighted by Crippen LogP contribution is 2.13. The predicted molar refractivity (Wildman–Crippen MR) is 61.7 cm³/mol. The third-order valence-corrected chi connectivity index (χ3v) is 2.05. The van der Waals surface area contributed by atoms with Crippen LogP contribution < -0.4 is 0 Å². The molecule has 1 heterocycles. The molecule has 0 N–H and O–H groups in total. The summed E-state index contributed by atoms with van der Waals surface area (Å²) in [6, 6.07) is 2.10. The van der Waals surface area contributed by atoms with Crippen LogP contribution in [0.4, 0.5) is 0 Å². The summed E-state index contributed by atoms with van der Waals surface area (Å²) in [5.41, 5.74) is 1.27. The molecule has 1 rings (SSSR count). The van der Waals surface area contributed by atoms with Crippen molar-refractivity contribution in [3.05, 3.63) is 23.7 Å². The lowest BCUT2D eigenvalue weighted by molar-refractivity contribution is 0.0846. The first-order valence-corrected chi connectivity index (χ1v) is 5.72. The zero-order chi connectivity index (χ0) is 11.3. The zero-order valence-electron chi connectivity index (χ0n) is 10.2. The van der Waals surface area contributed by atoms with Crippen LogP contribution in [0.25, 0.3) is 0 Å². The van der Waals surface area contributed by atoms with E-state index in [1.165, 1.54) is 5.56 Å². The van der Waals surface area contributed by atoms with Gasteiger partial charge in [-0.05, 0) is 29.9 Å². The Balaban J connectivity index is 2.33. The molecule has 2 heteroatoms. The minimum atomic E-state index is 0.579. The molecule has 0 atom stereocenters. The van der Waals surface area contributed by atoms with Gasteiger partial charge < -0.3 is 9.15 Å². The normalized spacial score (nSPS) is 11.6. The van der Waals surface area contributed by atoms with Gasteiger partial charge in [0.25, 0.3) is 0 Å². The summed E-state index contributed by atoms with van der Waals surface area (Å²) in [6.07, 6.45) is 2.92. The Morgan fingerprint density at radius 1 is 1.20 bits per heavy atom. The summed E-state index contributed by atoms with van der Waals surface area (Å²) >= 11 is 0. The summed E-state index contributed by atoms with van der Waals surface area (Å²) in [7, 11) is 0. The van der Waals surface area contributed by atoms with Gasteiger partial charge in [0.15, 0.2) is 0 Å². The third-order valence-electron chi connectivity index (χ3n) is 2.05. The van der Waals surface area contributed by atoms with Gasteiger partial charge in [-0.15, -0.1) is 0 Å². The molecule has 0 radical (unpaired) electrons. The van der Waals surface area contributed by atoms with Gasteiger partial charge in [0.2, 0.25) is 0 Å². The first kappa shape index (κ1) is 12.3. The quantitative estimate of drug-likeness (QED) is 0.715. The van der Waals surface area contributed by atoms with Gasteiger partial charge in [-0.25, -0.2) is 0 Å². The summed E-state index contributed by atoms with van der Waals surface area (Å²) in [6.45, 7) is 10.1. The Kier molecular flexibility index (Phi) is 4.89. The molecular formula is C13H22O2. The van der Waals surface area contributed by atoms with Crippen molar-refractivity contribution in [2.24, 2.45) is 11.8 Å². The maximum atomic E-state index is 5.51. The van der Waals surface area contributed by atoms with E-state index in [-0.39, 0.29) is 0 Å². The van der Waals surface area contributed by atoms with E-state index in [9.17, 15) is 0 Å². The van der Waals surface area contributed by atoms with Crippen LogP contribution >= 0.6 is 0 Å². The van der Waals surface area contributed by atoms with Crippen LogP contribution in [0.3, 0.4) is 0 Å². The molecule has 2 nitrogen and oxygen atoms in total. The molecule has 0 fully saturated rings. The van der Waals surface area contributed by atoms with E-state index in [1.54, 1.807) is 0 Å². The van der Waals surface area contributed by atoms with Crippen LogP contribution in [-0.4, -0.2) is 6.61 Å².